The third-order valence-electron chi connectivity index (χ3n) is 7.04. The molecule has 164 valence electrons. The van der Waals surface area contributed by atoms with E-state index in [0.717, 1.165) is 38.5 Å². The van der Waals surface area contributed by atoms with E-state index in [1.807, 2.05) is 6.08 Å². The molecule has 2 aromatic carbocycles. The molecule has 0 amide bonds. The van der Waals surface area contributed by atoms with Crippen LogP contribution < -0.4 is 4.74 Å². The molecule has 0 radical (unpaired) electrons. The van der Waals surface area contributed by atoms with Gasteiger partial charge in [0, 0.05) is 11.8 Å². The highest BCUT2D eigenvalue weighted by molar-refractivity contribution is 5.34. The van der Waals surface area contributed by atoms with Crippen molar-refractivity contribution in [2.24, 2.45) is 11.8 Å². The molecular formula is C28H32F2O. The minimum absolute atomic E-state index is 0.0232. The topological polar surface area (TPSA) is 9.23 Å². The van der Waals surface area contributed by atoms with Crippen molar-refractivity contribution in [2.45, 2.75) is 57.3 Å². The van der Waals surface area contributed by atoms with E-state index in [4.69, 9.17) is 4.74 Å². The maximum Gasteiger partial charge on any atom is 0.200 e. The third kappa shape index (κ3) is 5.08. The summed E-state index contributed by atoms with van der Waals surface area (Å²) in [7, 11) is 0. The van der Waals surface area contributed by atoms with E-state index in [1.165, 1.54) is 11.1 Å². The van der Waals surface area contributed by atoms with Gasteiger partial charge in [0.2, 0.25) is 5.82 Å². The van der Waals surface area contributed by atoms with Crippen LogP contribution in [0.5, 0.6) is 5.75 Å². The highest BCUT2D eigenvalue weighted by Gasteiger charge is 2.26. The number of benzene rings is 2. The molecule has 0 bridgehead atoms. The lowest BCUT2D eigenvalue weighted by atomic mass is 9.78. The molecule has 3 heteroatoms. The first-order valence-corrected chi connectivity index (χ1v) is 11.5. The Morgan fingerprint density at radius 2 is 1.65 bits per heavy atom. The van der Waals surface area contributed by atoms with Crippen molar-refractivity contribution in [3.63, 3.8) is 0 Å². The summed E-state index contributed by atoms with van der Waals surface area (Å²) >= 11 is 0. The Labute approximate surface area is 184 Å². The summed E-state index contributed by atoms with van der Waals surface area (Å²) in [6.45, 7) is 6.32. The van der Waals surface area contributed by atoms with Gasteiger partial charge in [0.1, 0.15) is 0 Å². The summed E-state index contributed by atoms with van der Waals surface area (Å²) in [6, 6.07) is 12.0. The smallest absolute Gasteiger partial charge is 0.200 e. The van der Waals surface area contributed by atoms with Crippen LogP contribution >= 0.6 is 0 Å². The number of halogens is 2. The van der Waals surface area contributed by atoms with Gasteiger partial charge in [-0.05, 0) is 74.5 Å². The molecule has 2 aromatic rings. The number of rotatable bonds is 6. The molecule has 0 aromatic heterocycles. The normalized spacial score (nSPS) is 25.9. The molecule has 1 saturated carbocycles. The second kappa shape index (κ2) is 9.80. The molecule has 0 N–H and O–H groups in total. The van der Waals surface area contributed by atoms with Gasteiger partial charge in [-0.3, -0.25) is 0 Å². The van der Waals surface area contributed by atoms with E-state index in [1.54, 1.807) is 12.1 Å². The number of hydrogen-bond donors (Lipinski definition) is 0. The van der Waals surface area contributed by atoms with Crippen molar-refractivity contribution in [3.05, 3.63) is 89.5 Å². The fourth-order valence-electron chi connectivity index (χ4n) is 4.94. The third-order valence-corrected chi connectivity index (χ3v) is 7.04. The maximum atomic E-state index is 14.8. The van der Waals surface area contributed by atoms with Crippen LogP contribution in [0.15, 0.2) is 61.2 Å². The Morgan fingerprint density at radius 1 is 0.903 bits per heavy atom. The number of ether oxygens (including phenoxy) is 1. The van der Waals surface area contributed by atoms with Crippen LogP contribution in [-0.2, 0) is 0 Å². The first-order chi connectivity index (χ1) is 15.0. The molecule has 2 unspecified atom stereocenters. The Bertz CT molecular complexity index is 923. The molecular weight excluding hydrogens is 390 g/mol. The molecule has 4 rings (SSSR count). The predicted octanol–water partition coefficient (Wildman–Crippen LogP) is 7.86. The van der Waals surface area contributed by atoms with E-state index in [-0.39, 0.29) is 17.6 Å². The fourth-order valence-corrected chi connectivity index (χ4v) is 4.94. The zero-order chi connectivity index (χ0) is 21.8. The Hall–Kier alpha value is -2.42. The largest absolute Gasteiger partial charge is 0.490 e. The monoisotopic (exact) mass is 422 g/mol. The number of allylic oxidation sites excluding steroid dienone is 2. The zero-order valence-electron chi connectivity index (χ0n) is 18.3. The standard InChI is InChI=1S/C28H32F2O/c1-3-20-6-14-24(15-7-20)25-16-17-26(28(30)27(25)29)31-18-21-8-12-23(13-9-21)22-10-4-19(2)5-11-22/h3-5,8,10-12,16-17,20-21,23-24H,1,6-7,9,13-15,18H2,2H3. The van der Waals surface area contributed by atoms with Crippen LogP contribution in [0.25, 0.3) is 0 Å². The quantitative estimate of drug-likeness (QED) is 0.431. The summed E-state index contributed by atoms with van der Waals surface area (Å²) in [5.74, 6) is -0.339. The minimum atomic E-state index is -0.847. The Kier molecular flexibility index (Phi) is 6.89. The first-order valence-electron chi connectivity index (χ1n) is 11.5. The molecule has 2 aliphatic carbocycles. The molecule has 1 nitrogen and oxygen atoms in total. The number of aryl methyl sites for hydroxylation is 1. The van der Waals surface area contributed by atoms with Gasteiger partial charge < -0.3 is 4.74 Å². The lowest BCUT2D eigenvalue weighted by molar-refractivity contribution is 0.246. The zero-order valence-corrected chi connectivity index (χ0v) is 18.3. The Balaban J connectivity index is 1.35. The molecule has 2 aliphatic rings. The van der Waals surface area contributed by atoms with Gasteiger partial charge in [-0.2, -0.15) is 4.39 Å². The van der Waals surface area contributed by atoms with Gasteiger partial charge >= 0.3 is 0 Å². The molecule has 31 heavy (non-hydrogen) atoms. The van der Waals surface area contributed by atoms with E-state index < -0.39 is 11.6 Å². The molecule has 0 heterocycles. The average Bonchev–Trinajstić information content (AvgIpc) is 2.81. The van der Waals surface area contributed by atoms with Crippen LogP contribution in [-0.4, -0.2) is 6.61 Å². The van der Waals surface area contributed by atoms with Gasteiger partial charge in [-0.15, -0.1) is 6.58 Å². The van der Waals surface area contributed by atoms with Gasteiger partial charge in [0.05, 0.1) is 6.61 Å². The fraction of sp³-hybridized carbons (Fsp3) is 0.429. The van der Waals surface area contributed by atoms with Crippen molar-refractivity contribution >= 4 is 0 Å². The SMILES string of the molecule is C=CC1CCC(c2ccc(OCC3C=CC(c4ccc(C)cc4)CC3)c(F)c2F)CC1. The molecule has 0 saturated heterocycles. The summed E-state index contributed by atoms with van der Waals surface area (Å²) in [5, 5.41) is 0. The second-order valence-corrected chi connectivity index (χ2v) is 9.18. The molecule has 1 fully saturated rings. The van der Waals surface area contributed by atoms with Crippen molar-refractivity contribution in [1.82, 2.24) is 0 Å². The van der Waals surface area contributed by atoms with Crippen LogP contribution in [0.2, 0.25) is 0 Å². The van der Waals surface area contributed by atoms with Crippen molar-refractivity contribution in [2.75, 3.05) is 6.61 Å². The molecule has 2 atom stereocenters. The van der Waals surface area contributed by atoms with Crippen molar-refractivity contribution < 1.29 is 13.5 Å². The van der Waals surface area contributed by atoms with Crippen molar-refractivity contribution in [3.8, 4) is 5.75 Å². The Morgan fingerprint density at radius 3 is 2.29 bits per heavy atom. The summed E-state index contributed by atoms with van der Waals surface area (Å²) in [5.41, 5.74) is 3.08. The van der Waals surface area contributed by atoms with Crippen LogP contribution in [0.3, 0.4) is 0 Å². The van der Waals surface area contributed by atoms with E-state index >= 15 is 0 Å². The van der Waals surface area contributed by atoms with Crippen LogP contribution in [0, 0.1) is 30.4 Å². The summed E-state index contributed by atoms with van der Waals surface area (Å²) in [6.07, 6.45) is 12.1. The van der Waals surface area contributed by atoms with Crippen LogP contribution in [0.1, 0.15) is 67.1 Å². The maximum absolute atomic E-state index is 14.8. The molecule has 0 spiro atoms. The van der Waals surface area contributed by atoms with E-state index in [2.05, 4.69) is 49.9 Å². The van der Waals surface area contributed by atoms with Gasteiger partial charge in [-0.1, -0.05) is 54.1 Å². The van der Waals surface area contributed by atoms with Crippen molar-refractivity contribution in [1.29, 1.82) is 0 Å². The van der Waals surface area contributed by atoms with E-state index in [0.29, 0.717) is 24.0 Å². The summed E-state index contributed by atoms with van der Waals surface area (Å²) in [4.78, 5) is 0. The summed E-state index contributed by atoms with van der Waals surface area (Å²) < 4.78 is 35.2. The highest BCUT2D eigenvalue weighted by atomic mass is 19.2. The lowest BCUT2D eigenvalue weighted by Gasteiger charge is -2.27. The first kappa shape index (κ1) is 21.8. The van der Waals surface area contributed by atoms with Gasteiger partial charge in [0.15, 0.2) is 11.6 Å². The molecule has 0 aliphatic heterocycles. The van der Waals surface area contributed by atoms with Gasteiger partial charge in [0.25, 0.3) is 0 Å². The highest BCUT2D eigenvalue weighted by Crippen LogP contribution is 2.39. The minimum Gasteiger partial charge on any atom is -0.490 e. The van der Waals surface area contributed by atoms with Gasteiger partial charge in [-0.25, -0.2) is 4.39 Å². The number of hydrogen-bond acceptors (Lipinski definition) is 1. The lowest BCUT2D eigenvalue weighted by Crippen LogP contribution is -2.16. The van der Waals surface area contributed by atoms with Crippen LogP contribution in [0.4, 0.5) is 8.78 Å². The van der Waals surface area contributed by atoms with E-state index in [9.17, 15) is 8.78 Å². The average molecular weight is 423 g/mol. The second-order valence-electron chi connectivity index (χ2n) is 9.18. The predicted molar refractivity (Wildman–Crippen MR) is 123 cm³/mol.